The molecule has 0 saturated heterocycles. The summed E-state index contributed by atoms with van der Waals surface area (Å²) in [7, 11) is 2.61. The zero-order valence-electron chi connectivity index (χ0n) is 9.11. The Morgan fingerprint density at radius 1 is 1.38 bits per heavy atom. The Kier molecular flexibility index (Phi) is 4.53. The molecule has 0 saturated carbocycles. The number of hydrogen-bond donors (Lipinski definition) is 1. The Bertz CT molecular complexity index is 371. The Morgan fingerprint density at radius 3 is 2.75 bits per heavy atom. The number of ether oxygens (including phenoxy) is 2. The first kappa shape index (κ1) is 12.3. The van der Waals surface area contributed by atoms with Gasteiger partial charge in [0.15, 0.2) is 0 Å². The van der Waals surface area contributed by atoms with E-state index in [-0.39, 0.29) is 12.5 Å². The van der Waals surface area contributed by atoms with Crippen molar-refractivity contribution in [3.8, 4) is 0 Å². The second-order valence-corrected chi connectivity index (χ2v) is 2.97. The van der Waals surface area contributed by atoms with Crippen LogP contribution in [0.1, 0.15) is 16.1 Å². The van der Waals surface area contributed by atoms with E-state index in [2.05, 4.69) is 14.8 Å². The number of methoxy groups -OCH3 is 2. The molecule has 0 unspecified atom stereocenters. The average Bonchev–Trinajstić information content (AvgIpc) is 2.76. The monoisotopic (exact) mass is 227 g/mol. The summed E-state index contributed by atoms with van der Waals surface area (Å²) in [5, 5.41) is 2.80. The molecule has 1 N–H and O–H groups in total. The van der Waals surface area contributed by atoms with Crippen molar-refractivity contribution in [1.82, 2.24) is 5.32 Å². The molecule has 1 heterocycles. The molecule has 0 atom stereocenters. The minimum absolute atomic E-state index is 0.0881. The van der Waals surface area contributed by atoms with Crippen LogP contribution in [-0.4, -0.2) is 32.7 Å². The van der Waals surface area contributed by atoms with E-state index in [1.807, 2.05) is 0 Å². The summed E-state index contributed by atoms with van der Waals surface area (Å²) in [6.45, 7) is 0.427. The number of carbonyl (C=O) groups is 2. The first-order valence-corrected chi connectivity index (χ1v) is 4.60. The van der Waals surface area contributed by atoms with Crippen molar-refractivity contribution in [2.24, 2.45) is 0 Å². The third-order valence-corrected chi connectivity index (χ3v) is 1.87. The van der Waals surface area contributed by atoms with E-state index in [4.69, 9.17) is 4.42 Å². The molecule has 6 heteroatoms. The predicted molar refractivity (Wildman–Crippen MR) is 53.8 cm³/mol. The van der Waals surface area contributed by atoms with Crippen LogP contribution < -0.4 is 5.32 Å². The third kappa shape index (κ3) is 3.39. The van der Waals surface area contributed by atoms with Crippen molar-refractivity contribution >= 4 is 11.9 Å². The second-order valence-electron chi connectivity index (χ2n) is 2.97. The predicted octanol–water partition coefficient (Wildman–Crippen LogP) is 0.329. The molecule has 0 amide bonds. The summed E-state index contributed by atoms with van der Waals surface area (Å²) in [6.07, 6.45) is 1.31. The van der Waals surface area contributed by atoms with Gasteiger partial charge in [0, 0.05) is 0 Å². The van der Waals surface area contributed by atoms with Crippen molar-refractivity contribution in [3.05, 3.63) is 23.7 Å². The fourth-order valence-corrected chi connectivity index (χ4v) is 1.06. The van der Waals surface area contributed by atoms with Crippen molar-refractivity contribution < 1.29 is 23.5 Å². The molecule has 0 radical (unpaired) electrons. The minimum atomic E-state index is -0.456. The van der Waals surface area contributed by atoms with Gasteiger partial charge in [-0.1, -0.05) is 0 Å². The summed E-state index contributed by atoms with van der Waals surface area (Å²) in [5.41, 5.74) is 0.345. The van der Waals surface area contributed by atoms with E-state index < -0.39 is 5.97 Å². The van der Waals surface area contributed by atoms with Crippen molar-refractivity contribution in [2.45, 2.75) is 6.54 Å². The molecule has 0 aromatic carbocycles. The largest absolute Gasteiger partial charge is 0.468 e. The van der Waals surface area contributed by atoms with Crippen molar-refractivity contribution in [1.29, 1.82) is 0 Å². The van der Waals surface area contributed by atoms with E-state index in [1.165, 1.54) is 20.5 Å². The topological polar surface area (TPSA) is 77.8 Å². The number of esters is 2. The zero-order chi connectivity index (χ0) is 12.0. The van der Waals surface area contributed by atoms with E-state index >= 15 is 0 Å². The molecule has 0 aliphatic heterocycles. The molecular weight excluding hydrogens is 214 g/mol. The number of rotatable bonds is 5. The molecule has 1 rings (SSSR count). The van der Waals surface area contributed by atoms with Gasteiger partial charge in [-0.25, -0.2) is 4.79 Å². The summed E-state index contributed by atoms with van der Waals surface area (Å²) in [4.78, 5) is 21.9. The number of hydrogen-bond acceptors (Lipinski definition) is 6. The molecular formula is C10H13NO5. The maximum absolute atomic E-state index is 11.1. The molecule has 6 nitrogen and oxygen atoms in total. The lowest BCUT2D eigenvalue weighted by Crippen LogP contribution is -2.23. The van der Waals surface area contributed by atoms with Gasteiger partial charge in [0.05, 0.1) is 32.9 Å². The number of furan rings is 1. The summed E-state index contributed by atoms with van der Waals surface area (Å²) < 4.78 is 14.0. The standard InChI is InChI=1S/C10H13NO5/c1-14-9(12)5-11-4-8-3-7(6-16-8)10(13)15-2/h3,6,11H,4-5H2,1-2H3. The first-order valence-electron chi connectivity index (χ1n) is 4.60. The third-order valence-electron chi connectivity index (χ3n) is 1.87. The fraction of sp³-hybridized carbons (Fsp3) is 0.400. The smallest absolute Gasteiger partial charge is 0.341 e. The maximum atomic E-state index is 11.1. The van der Waals surface area contributed by atoms with Crippen LogP contribution in [0.15, 0.2) is 16.7 Å². The van der Waals surface area contributed by atoms with E-state index in [9.17, 15) is 9.59 Å². The maximum Gasteiger partial charge on any atom is 0.341 e. The van der Waals surface area contributed by atoms with Gasteiger partial charge in [0.2, 0.25) is 0 Å². The van der Waals surface area contributed by atoms with Crippen LogP contribution in [0.4, 0.5) is 0 Å². The van der Waals surface area contributed by atoms with Crippen LogP contribution in [-0.2, 0) is 20.8 Å². The molecule has 88 valence electrons. The molecule has 1 aromatic rings. The van der Waals surface area contributed by atoms with Crippen molar-refractivity contribution in [3.63, 3.8) is 0 Å². The van der Waals surface area contributed by atoms with Crippen LogP contribution in [0.3, 0.4) is 0 Å². The fourth-order valence-electron chi connectivity index (χ4n) is 1.06. The van der Waals surface area contributed by atoms with E-state index in [0.717, 1.165) is 0 Å². The van der Waals surface area contributed by atoms with Crippen LogP contribution in [0.25, 0.3) is 0 Å². The highest BCUT2D eigenvalue weighted by molar-refractivity contribution is 5.88. The summed E-state index contributed by atoms with van der Waals surface area (Å²) >= 11 is 0. The highest BCUT2D eigenvalue weighted by Gasteiger charge is 2.10. The second kappa shape index (κ2) is 5.92. The molecule has 16 heavy (non-hydrogen) atoms. The molecule has 0 bridgehead atoms. The summed E-state index contributed by atoms with van der Waals surface area (Å²) in [5.74, 6) is -0.271. The lowest BCUT2D eigenvalue weighted by atomic mass is 10.3. The van der Waals surface area contributed by atoms with Crippen LogP contribution >= 0.6 is 0 Å². The average molecular weight is 227 g/mol. The highest BCUT2D eigenvalue weighted by atomic mass is 16.5. The minimum Gasteiger partial charge on any atom is -0.468 e. The van der Waals surface area contributed by atoms with Gasteiger partial charge in [-0.3, -0.25) is 10.1 Å². The molecule has 0 fully saturated rings. The van der Waals surface area contributed by atoms with Crippen LogP contribution in [0.2, 0.25) is 0 Å². The molecule has 0 spiro atoms. The van der Waals surface area contributed by atoms with E-state index in [0.29, 0.717) is 17.9 Å². The summed E-state index contributed by atoms with van der Waals surface area (Å²) in [6, 6.07) is 1.55. The molecule has 0 aliphatic carbocycles. The van der Waals surface area contributed by atoms with E-state index in [1.54, 1.807) is 6.07 Å². The Hall–Kier alpha value is -1.82. The quantitative estimate of drug-likeness (QED) is 0.730. The van der Waals surface area contributed by atoms with Gasteiger partial charge in [0.25, 0.3) is 0 Å². The van der Waals surface area contributed by atoms with Gasteiger partial charge in [-0.05, 0) is 6.07 Å². The van der Waals surface area contributed by atoms with Crippen molar-refractivity contribution in [2.75, 3.05) is 20.8 Å². The lowest BCUT2D eigenvalue weighted by molar-refractivity contribution is -0.139. The van der Waals surface area contributed by atoms with Crippen LogP contribution in [0, 0.1) is 0 Å². The van der Waals surface area contributed by atoms with Crippen LogP contribution in [0.5, 0.6) is 0 Å². The Morgan fingerprint density at radius 2 is 2.12 bits per heavy atom. The SMILES string of the molecule is COC(=O)CNCc1cc(C(=O)OC)co1. The normalized spacial score (nSPS) is 9.88. The Balaban J connectivity index is 2.41. The van der Waals surface area contributed by atoms with Gasteiger partial charge >= 0.3 is 11.9 Å². The van der Waals surface area contributed by atoms with Gasteiger partial charge in [-0.2, -0.15) is 0 Å². The number of nitrogens with one attached hydrogen (secondary N) is 1. The molecule has 0 aliphatic rings. The highest BCUT2D eigenvalue weighted by Crippen LogP contribution is 2.08. The van der Waals surface area contributed by atoms with Gasteiger partial charge in [0.1, 0.15) is 12.0 Å². The Labute approximate surface area is 92.5 Å². The first-order chi connectivity index (χ1) is 7.67. The molecule has 1 aromatic heterocycles. The zero-order valence-corrected chi connectivity index (χ0v) is 9.11. The number of carbonyl (C=O) groups excluding carboxylic acids is 2. The lowest BCUT2D eigenvalue weighted by Gasteiger charge is -1.99. The van der Waals surface area contributed by atoms with Gasteiger partial charge in [-0.15, -0.1) is 0 Å². The van der Waals surface area contributed by atoms with Gasteiger partial charge < -0.3 is 13.9 Å².